The van der Waals surface area contributed by atoms with Crippen LogP contribution in [0.15, 0.2) is 47.4 Å². The van der Waals surface area contributed by atoms with E-state index in [-0.39, 0.29) is 32.1 Å². The molecule has 3 rings (SSSR count). The largest absolute Gasteiger partial charge is 0.497 e. The van der Waals surface area contributed by atoms with Crippen molar-refractivity contribution in [1.82, 2.24) is 9.21 Å². The molecule has 27 heavy (non-hydrogen) atoms. The fraction of sp³-hybridized carbons (Fsp3) is 0.278. The van der Waals surface area contributed by atoms with E-state index in [2.05, 4.69) is 0 Å². The molecule has 0 spiro atoms. The number of hydrogen-bond acceptors (Lipinski definition) is 4. The van der Waals surface area contributed by atoms with E-state index in [1.165, 1.54) is 12.0 Å². The minimum Gasteiger partial charge on any atom is -0.497 e. The number of carbonyl (C=O) groups is 1. The van der Waals surface area contributed by atoms with Crippen molar-refractivity contribution in [1.29, 1.82) is 0 Å². The van der Waals surface area contributed by atoms with E-state index in [1.807, 2.05) is 0 Å². The lowest BCUT2D eigenvalue weighted by Crippen LogP contribution is -2.50. The minimum atomic E-state index is -4.32. The second-order valence-corrected chi connectivity index (χ2v) is 7.85. The Morgan fingerprint density at radius 2 is 1.59 bits per heavy atom. The number of sulfonamides is 1. The number of methoxy groups -OCH3 is 1. The predicted molar refractivity (Wildman–Crippen MR) is 94.0 cm³/mol. The van der Waals surface area contributed by atoms with E-state index in [1.54, 1.807) is 24.3 Å². The van der Waals surface area contributed by atoms with E-state index >= 15 is 0 Å². The summed E-state index contributed by atoms with van der Waals surface area (Å²) >= 11 is 0. The van der Waals surface area contributed by atoms with Crippen LogP contribution < -0.4 is 4.74 Å². The Kier molecular flexibility index (Phi) is 5.43. The van der Waals surface area contributed by atoms with Gasteiger partial charge < -0.3 is 9.64 Å². The molecule has 0 N–H and O–H groups in total. The fourth-order valence-corrected chi connectivity index (χ4v) is 4.46. The maximum absolute atomic E-state index is 13.9. The third-order valence-corrected chi connectivity index (χ3v) is 6.31. The van der Waals surface area contributed by atoms with Gasteiger partial charge in [0.25, 0.3) is 5.91 Å². The average Bonchev–Trinajstić information content (AvgIpc) is 2.67. The Bertz CT molecular complexity index is 937. The molecule has 0 radical (unpaired) electrons. The van der Waals surface area contributed by atoms with Crippen LogP contribution in [-0.4, -0.2) is 56.8 Å². The smallest absolute Gasteiger partial charge is 0.254 e. The van der Waals surface area contributed by atoms with Crippen molar-refractivity contribution < 1.29 is 26.7 Å². The number of benzene rings is 2. The zero-order valence-electron chi connectivity index (χ0n) is 14.6. The molecule has 1 aliphatic rings. The van der Waals surface area contributed by atoms with Gasteiger partial charge in [0.1, 0.15) is 17.4 Å². The molecule has 0 atom stereocenters. The SMILES string of the molecule is COc1cccc(C(=O)N2CCN(S(=O)(=O)c3c(F)cccc3F)CC2)c1. The van der Waals surface area contributed by atoms with Crippen LogP contribution >= 0.6 is 0 Å². The molecule has 9 heteroatoms. The number of piperazine rings is 1. The number of halogens is 2. The topological polar surface area (TPSA) is 66.9 Å². The van der Waals surface area contributed by atoms with Crippen molar-refractivity contribution in [2.45, 2.75) is 4.90 Å². The van der Waals surface area contributed by atoms with Gasteiger partial charge >= 0.3 is 0 Å². The second kappa shape index (κ2) is 7.61. The van der Waals surface area contributed by atoms with Crippen molar-refractivity contribution in [3.63, 3.8) is 0 Å². The maximum atomic E-state index is 13.9. The standard InChI is InChI=1S/C18H18F2N2O4S/c1-26-14-5-2-4-13(12-14)18(23)21-8-10-22(11-9-21)27(24,25)17-15(19)6-3-7-16(17)20/h2-7,12H,8-11H2,1H3. The monoisotopic (exact) mass is 396 g/mol. The first-order chi connectivity index (χ1) is 12.8. The number of carbonyl (C=O) groups excluding carboxylic acids is 1. The molecule has 144 valence electrons. The molecule has 1 fully saturated rings. The van der Waals surface area contributed by atoms with E-state index in [0.717, 1.165) is 22.5 Å². The molecule has 1 heterocycles. The summed E-state index contributed by atoms with van der Waals surface area (Å²) in [5.41, 5.74) is 0.422. The lowest BCUT2D eigenvalue weighted by atomic mass is 10.1. The van der Waals surface area contributed by atoms with Gasteiger partial charge in [-0.2, -0.15) is 4.31 Å². The average molecular weight is 396 g/mol. The van der Waals surface area contributed by atoms with Crippen LogP contribution in [-0.2, 0) is 10.0 Å². The summed E-state index contributed by atoms with van der Waals surface area (Å²) in [6, 6.07) is 9.55. The van der Waals surface area contributed by atoms with Gasteiger partial charge in [-0.15, -0.1) is 0 Å². The molecule has 1 saturated heterocycles. The van der Waals surface area contributed by atoms with Gasteiger partial charge in [-0.25, -0.2) is 17.2 Å². The molecular weight excluding hydrogens is 378 g/mol. The molecule has 1 aliphatic heterocycles. The zero-order chi connectivity index (χ0) is 19.6. The number of nitrogens with zero attached hydrogens (tertiary/aromatic N) is 2. The molecular formula is C18H18F2N2O4S. The molecule has 0 saturated carbocycles. The molecule has 0 aromatic heterocycles. The molecule has 0 aliphatic carbocycles. The van der Waals surface area contributed by atoms with E-state index < -0.39 is 26.6 Å². The lowest BCUT2D eigenvalue weighted by molar-refractivity contribution is 0.0697. The van der Waals surface area contributed by atoms with Gasteiger partial charge in [-0.3, -0.25) is 4.79 Å². The van der Waals surface area contributed by atoms with Gasteiger partial charge in [0.2, 0.25) is 10.0 Å². The highest BCUT2D eigenvalue weighted by Crippen LogP contribution is 2.24. The summed E-state index contributed by atoms with van der Waals surface area (Å²) in [5.74, 6) is -1.99. The second-order valence-electron chi connectivity index (χ2n) is 5.98. The Hall–Kier alpha value is -2.52. The highest BCUT2D eigenvalue weighted by Gasteiger charge is 2.34. The molecule has 2 aromatic rings. The molecule has 0 unspecified atom stereocenters. The van der Waals surface area contributed by atoms with Gasteiger partial charge in [0.05, 0.1) is 7.11 Å². The number of amides is 1. The normalized spacial score (nSPS) is 15.6. The third kappa shape index (κ3) is 3.79. The fourth-order valence-electron chi connectivity index (χ4n) is 2.93. The van der Waals surface area contributed by atoms with E-state index in [9.17, 15) is 22.0 Å². The van der Waals surface area contributed by atoms with Crippen molar-refractivity contribution in [3.8, 4) is 5.75 Å². The molecule has 0 bridgehead atoms. The highest BCUT2D eigenvalue weighted by molar-refractivity contribution is 7.89. The summed E-state index contributed by atoms with van der Waals surface area (Å²) in [5, 5.41) is 0. The van der Waals surface area contributed by atoms with Gasteiger partial charge in [-0.05, 0) is 30.3 Å². The summed E-state index contributed by atoms with van der Waals surface area (Å²) < 4.78 is 59.0. The first kappa shape index (κ1) is 19.2. The summed E-state index contributed by atoms with van der Waals surface area (Å²) in [6.07, 6.45) is 0. The van der Waals surface area contributed by atoms with Crippen molar-refractivity contribution in [2.24, 2.45) is 0 Å². The van der Waals surface area contributed by atoms with Crippen molar-refractivity contribution in [2.75, 3.05) is 33.3 Å². The first-order valence-electron chi connectivity index (χ1n) is 8.22. The summed E-state index contributed by atoms with van der Waals surface area (Å²) in [6.45, 7) is 0.133. The maximum Gasteiger partial charge on any atom is 0.254 e. The number of rotatable bonds is 4. The van der Waals surface area contributed by atoms with Crippen molar-refractivity contribution in [3.05, 3.63) is 59.7 Å². The van der Waals surface area contributed by atoms with Crippen LogP contribution in [0.1, 0.15) is 10.4 Å². The minimum absolute atomic E-state index is 0.0498. The van der Waals surface area contributed by atoms with Crippen LogP contribution in [0.5, 0.6) is 5.75 Å². The number of hydrogen-bond donors (Lipinski definition) is 0. The van der Waals surface area contributed by atoms with Crippen molar-refractivity contribution >= 4 is 15.9 Å². The predicted octanol–water partition coefficient (Wildman–Crippen LogP) is 2.12. The first-order valence-corrected chi connectivity index (χ1v) is 9.66. The van der Waals surface area contributed by atoms with Crippen LogP contribution in [0, 0.1) is 11.6 Å². The number of ether oxygens (including phenoxy) is 1. The quantitative estimate of drug-likeness (QED) is 0.794. The van der Waals surface area contributed by atoms with Crippen LogP contribution in [0.25, 0.3) is 0 Å². The van der Waals surface area contributed by atoms with Crippen LogP contribution in [0.2, 0.25) is 0 Å². The Labute approximate surface area is 156 Å². The summed E-state index contributed by atoms with van der Waals surface area (Å²) in [4.78, 5) is 13.1. The lowest BCUT2D eigenvalue weighted by Gasteiger charge is -2.34. The molecule has 1 amide bonds. The highest BCUT2D eigenvalue weighted by atomic mass is 32.2. The summed E-state index contributed by atoms with van der Waals surface area (Å²) in [7, 11) is -2.83. The van der Waals surface area contributed by atoms with Gasteiger partial charge in [-0.1, -0.05) is 12.1 Å². The molecule has 2 aromatic carbocycles. The third-order valence-electron chi connectivity index (χ3n) is 4.36. The zero-order valence-corrected chi connectivity index (χ0v) is 15.4. The van der Waals surface area contributed by atoms with E-state index in [0.29, 0.717) is 11.3 Å². The van der Waals surface area contributed by atoms with Crippen LogP contribution in [0.3, 0.4) is 0 Å². The Morgan fingerprint density at radius 3 is 2.19 bits per heavy atom. The van der Waals surface area contributed by atoms with Gasteiger partial charge in [0, 0.05) is 31.7 Å². The van der Waals surface area contributed by atoms with Crippen LogP contribution in [0.4, 0.5) is 8.78 Å². The Balaban J connectivity index is 1.74. The van der Waals surface area contributed by atoms with Gasteiger partial charge in [0.15, 0.2) is 4.90 Å². The molecule has 6 nitrogen and oxygen atoms in total. The van der Waals surface area contributed by atoms with E-state index in [4.69, 9.17) is 4.74 Å². The Morgan fingerprint density at radius 1 is 1.00 bits per heavy atom.